The molecule has 0 spiro atoms. The Labute approximate surface area is 123 Å². The number of likely N-dealkylation sites (tertiary alicyclic amines) is 1. The van der Waals surface area contributed by atoms with Crippen LogP contribution in [0, 0.1) is 0 Å². The second kappa shape index (κ2) is 6.01. The molecule has 2 aromatic rings. The summed E-state index contributed by atoms with van der Waals surface area (Å²) in [5.74, 6) is -0.872. The third-order valence-corrected chi connectivity index (χ3v) is 3.93. The second-order valence-electron chi connectivity index (χ2n) is 5.23. The van der Waals surface area contributed by atoms with Gasteiger partial charge in [-0.25, -0.2) is 14.8 Å². The van der Waals surface area contributed by atoms with Gasteiger partial charge in [-0.15, -0.1) is 0 Å². The van der Waals surface area contributed by atoms with Crippen LogP contribution in [0.3, 0.4) is 0 Å². The van der Waals surface area contributed by atoms with Crippen molar-refractivity contribution in [1.29, 1.82) is 0 Å². The number of nitrogens with zero attached hydrogens (tertiary/aromatic N) is 3. The highest BCUT2D eigenvalue weighted by Gasteiger charge is 2.27. The monoisotopic (exact) mass is 283 g/mol. The van der Waals surface area contributed by atoms with E-state index in [0.29, 0.717) is 12.1 Å². The van der Waals surface area contributed by atoms with Gasteiger partial charge in [-0.1, -0.05) is 18.2 Å². The van der Waals surface area contributed by atoms with Gasteiger partial charge >= 0.3 is 5.97 Å². The molecule has 1 aromatic heterocycles. The van der Waals surface area contributed by atoms with Gasteiger partial charge in [0.1, 0.15) is 6.33 Å². The maximum absolute atomic E-state index is 11.3. The normalized spacial score (nSPS) is 18.8. The molecule has 5 heteroatoms. The van der Waals surface area contributed by atoms with E-state index < -0.39 is 5.97 Å². The summed E-state index contributed by atoms with van der Waals surface area (Å²) in [5.41, 5.74) is 2.24. The van der Waals surface area contributed by atoms with Gasteiger partial charge < -0.3 is 5.11 Å². The van der Waals surface area contributed by atoms with Gasteiger partial charge in [-0.2, -0.15) is 0 Å². The Morgan fingerprint density at radius 3 is 2.95 bits per heavy atom. The SMILES string of the molecule is O=C(O)c1ccccc1CN1CCCC1c1ccncn1. The van der Waals surface area contributed by atoms with Crippen molar-refractivity contribution in [2.45, 2.75) is 25.4 Å². The molecule has 108 valence electrons. The van der Waals surface area contributed by atoms with Crippen molar-refractivity contribution in [1.82, 2.24) is 14.9 Å². The molecule has 0 bridgehead atoms. The highest BCUT2D eigenvalue weighted by atomic mass is 16.4. The van der Waals surface area contributed by atoms with Crippen molar-refractivity contribution in [3.05, 3.63) is 59.7 Å². The van der Waals surface area contributed by atoms with E-state index in [1.165, 1.54) is 0 Å². The van der Waals surface area contributed by atoms with Crippen LogP contribution in [0.5, 0.6) is 0 Å². The average Bonchev–Trinajstić information content (AvgIpc) is 2.96. The molecule has 3 rings (SSSR count). The van der Waals surface area contributed by atoms with Crippen molar-refractivity contribution >= 4 is 5.97 Å². The van der Waals surface area contributed by atoms with Gasteiger partial charge in [0.25, 0.3) is 0 Å². The first-order valence-electron chi connectivity index (χ1n) is 7.07. The highest BCUT2D eigenvalue weighted by Crippen LogP contribution is 2.32. The zero-order valence-electron chi connectivity index (χ0n) is 11.6. The molecule has 1 unspecified atom stereocenters. The lowest BCUT2D eigenvalue weighted by atomic mass is 10.1. The summed E-state index contributed by atoms with van der Waals surface area (Å²) in [6.07, 6.45) is 5.47. The van der Waals surface area contributed by atoms with Crippen molar-refractivity contribution in [2.75, 3.05) is 6.54 Å². The molecule has 1 aliphatic rings. The van der Waals surface area contributed by atoms with Crippen LogP contribution >= 0.6 is 0 Å². The van der Waals surface area contributed by atoms with Crippen LogP contribution in [0.4, 0.5) is 0 Å². The van der Waals surface area contributed by atoms with Gasteiger partial charge in [0.15, 0.2) is 0 Å². The minimum atomic E-state index is -0.872. The second-order valence-corrected chi connectivity index (χ2v) is 5.23. The van der Waals surface area contributed by atoms with Crippen LogP contribution in [0.15, 0.2) is 42.9 Å². The third kappa shape index (κ3) is 2.92. The lowest BCUT2D eigenvalue weighted by Gasteiger charge is -2.24. The lowest BCUT2D eigenvalue weighted by Crippen LogP contribution is -2.24. The van der Waals surface area contributed by atoms with Crippen molar-refractivity contribution in [3.63, 3.8) is 0 Å². The molecule has 21 heavy (non-hydrogen) atoms. The van der Waals surface area contributed by atoms with Crippen LogP contribution < -0.4 is 0 Å². The van der Waals surface area contributed by atoms with E-state index in [9.17, 15) is 9.90 Å². The van der Waals surface area contributed by atoms with Gasteiger partial charge in [0, 0.05) is 12.7 Å². The first-order chi connectivity index (χ1) is 10.3. The standard InChI is InChI=1S/C16H17N3O2/c20-16(21)13-5-2-1-4-12(13)10-19-9-3-6-15(19)14-7-8-17-11-18-14/h1-2,4-5,7-8,11,15H,3,6,9-10H2,(H,20,21). The number of rotatable bonds is 4. The Hall–Kier alpha value is -2.27. The topological polar surface area (TPSA) is 66.3 Å². The first kappa shape index (κ1) is 13.7. The van der Waals surface area contributed by atoms with Gasteiger partial charge in [0.2, 0.25) is 0 Å². The van der Waals surface area contributed by atoms with E-state index in [0.717, 1.165) is 30.6 Å². The number of carbonyl (C=O) groups is 1. The Kier molecular flexibility index (Phi) is 3.92. The van der Waals surface area contributed by atoms with Crippen LogP contribution in [0.2, 0.25) is 0 Å². The zero-order valence-corrected chi connectivity index (χ0v) is 11.6. The Balaban J connectivity index is 1.83. The predicted molar refractivity (Wildman–Crippen MR) is 77.8 cm³/mol. The predicted octanol–water partition coefficient (Wildman–Crippen LogP) is 2.51. The zero-order chi connectivity index (χ0) is 14.7. The molecule has 1 aromatic carbocycles. The Morgan fingerprint density at radius 1 is 1.33 bits per heavy atom. The van der Waals surface area contributed by atoms with Crippen molar-refractivity contribution in [3.8, 4) is 0 Å². The van der Waals surface area contributed by atoms with Crippen LogP contribution in [0.1, 0.15) is 40.5 Å². The van der Waals surface area contributed by atoms with Crippen molar-refractivity contribution in [2.24, 2.45) is 0 Å². The summed E-state index contributed by atoms with van der Waals surface area (Å²) in [6.45, 7) is 1.60. The number of carboxylic acids is 1. The van der Waals surface area contributed by atoms with Crippen LogP contribution in [-0.4, -0.2) is 32.5 Å². The molecule has 0 radical (unpaired) electrons. The van der Waals surface area contributed by atoms with Gasteiger partial charge in [-0.05, 0) is 37.1 Å². The molecule has 2 heterocycles. The molecule has 0 saturated carbocycles. The molecular weight excluding hydrogens is 266 g/mol. The van der Waals surface area contributed by atoms with Crippen molar-refractivity contribution < 1.29 is 9.90 Å². The van der Waals surface area contributed by atoms with Crippen LogP contribution in [0.25, 0.3) is 0 Å². The molecule has 1 aliphatic heterocycles. The maximum Gasteiger partial charge on any atom is 0.336 e. The smallest absolute Gasteiger partial charge is 0.336 e. The van der Waals surface area contributed by atoms with E-state index >= 15 is 0 Å². The number of aromatic carboxylic acids is 1. The number of hydrogen-bond acceptors (Lipinski definition) is 4. The number of aromatic nitrogens is 2. The summed E-state index contributed by atoms with van der Waals surface area (Å²) in [7, 11) is 0. The third-order valence-electron chi connectivity index (χ3n) is 3.93. The average molecular weight is 283 g/mol. The molecule has 0 amide bonds. The fourth-order valence-electron chi connectivity index (χ4n) is 2.93. The summed E-state index contributed by atoms with van der Waals surface area (Å²) in [6, 6.07) is 9.38. The summed E-state index contributed by atoms with van der Waals surface area (Å²) >= 11 is 0. The molecule has 5 nitrogen and oxygen atoms in total. The summed E-state index contributed by atoms with van der Waals surface area (Å²) in [5, 5.41) is 9.28. The molecule has 1 N–H and O–H groups in total. The molecule has 1 saturated heterocycles. The fraction of sp³-hybridized carbons (Fsp3) is 0.312. The molecular formula is C16H17N3O2. The van der Waals surface area contributed by atoms with E-state index in [-0.39, 0.29) is 6.04 Å². The van der Waals surface area contributed by atoms with E-state index in [2.05, 4.69) is 14.9 Å². The summed E-state index contributed by atoms with van der Waals surface area (Å²) in [4.78, 5) is 21.9. The Morgan fingerprint density at radius 2 is 2.19 bits per heavy atom. The molecule has 1 fully saturated rings. The van der Waals surface area contributed by atoms with Gasteiger partial charge in [-0.3, -0.25) is 4.90 Å². The van der Waals surface area contributed by atoms with Crippen LogP contribution in [-0.2, 0) is 6.54 Å². The fourth-order valence-corrected chi connectivity index (χ4v) is 2.93. The lowest BCUT2D eigenvalue weighted by molar-refractivity contribution is 0.0694. The van der Waals surface area contributed by atoms with E-state index in [4.69, 9.17) is 0 Å². The van der Waals surface area contributed by atoms with Gasteiger partial charge in [0.05, 0.1) is 17.3 Å². The molecule has 1 atom stereocenters. The quantitative estimate of drug-likeness (QED) is 0.934. The minimum Gasteiger partial charge on any atom is -0.478 e. The maximum atomic E-state index is 11.3. The largest absolute Gasteiger partial charge is 0.478 e. The number of hydrogen-bond donors (Lipinski definition) is 1. The molecule has 0 aliphatic carbocycles. The number of carboxylic acid groups (broad SMARTS) is 1. The first-order valence-corrected chi connectivity index (χ1v) is 7.07. The number of benzene rings is 1. The Bertz CT molecular complexity index is 630. The minimum absolute atomic E-state index is 0.245. The van der Waals surface area contributed by atoms with E-state index in [1.807, 2.05) is 18.2 Å². The summed E-state index contributed by atoms with van der Waals surface area (Å²) < 4.78 is 0. The van der Waals surface area contributed by atoms with E-state index in [1.54, 1.807) is 24.7 Å². The highest BCUT2D eigenvalue weighted by molar-refractivity contribution is 5.89.